The summed E-state index contributed by atoms with van der Waals surface area (Å²) in [7, 11) is 0. The van der Waals surface area contributed by atoms with E-state index in [4.69, 9.17) is 5.73 Å². The number of hydrogen-bond donors (Lipinski definition) is 3. The van der Waals surface area contributed by atoms with E-state index in [1.165, 1.54) is 0 Å². The van der Waals surface area contributed by atoms with Gasteiger partial charge in [0.25, 0.3) is 0 Å². The predicted molar refractivity (Wildman–Crippen MR) is 79.8 cm³/mol. The highest BCUT2D eigenvalue weighted by atomic mass is 16.5. The van der Waals surface area contributed by atoms with E-state index in [0.717, 1.165) is 16.1 Å². The van der Waals surface area contributed by atoms with E-state index in [9.17, 15) is 10.0 Å². The van der Waals surface area contributed by atoms with Crippen molar-refractivity contribution >= 4 is 5.91 Å². The number of aromatic nitrogens is 2. The molecule has 0 unspecified atom stereocenters. The van der Waals surface area contributed by atoms with Crippen LogP contribution in [-0.4, -0.2) is 34.1 Å². The number of nitrogens with one attached hydrogen (secondary N) is 1. The second kappa shape index (κ2) is 7.44. The zero-order valence-corrected chi connectivity index (χ0v) is 11.8. The molecule has 4 N–H and O–H groups in total. The van der Waals surface area contributed by atoms with Crippen LogP contribution in [0.5, 0.6) is 0 Å². The molecule has 0 saturated carbocycles. The molecule has 0 radical (unpaired) electrons. The largest absolute Gasteiger partial charge is 0.411 e. The van der Waals surface area contributed by atoms with Gasteiger partial charge in [-0.1, -0.05) is 30.3 Å². The minimum absolute atomic E-state index is 0.0206. The van der Waals surface area contributed by atoms with Gasteiger partial charge in [0, 0.05) is 25.1 Å². The van der Waals surface area contributed by atoms with Crippen LogP contribution in [0.15, 0.2) is 36.4 Å². The molecule has 6 nitrogen and oxygen atoms in total. The molecule has 1 aromatic heterocycles. The van der Waals surface area contributed by atoms with Crippen molar-refractivity contribution in [2.24, 2.45) is 5.73 Å². The third-order valence-corrected chi connectivity index (χ3v) is 3.14. The molecule has 0 spiro atoms. The van der Waals surface area contributed by atoms with Crippen molar-refractivity contribution in [2.45, 2.75) is 19.3 Å². The second-order valence-electron chi connectivity index (χ2n) is 4.77. The molecule has 1 aromatic carbocycles. The van der Waals surface area contributed by atoms with Crippen LogP contribution in [0, 0.1) is 0 Å². The SMILES string of the molecule is NCCNC(=O)CCCc1cc(-c2ccccc2)nn1O. The van der Waals surface area contributed by atoms with Crippen molar-refractivity contribution in [1.82, 2.24) is 15.3 Å². The number of carbonyl (C=O) groups excluding carboxylic acids is 1. The van der Waals surface area contributed by atoms with Crippen molar-refractivity contribution in [3.63, 3.8) is 0 Å². The van der Waals surface area contributed by atoms with Crippen LogP contribution in [-0.2, 0) is 11.2 Å². The maximum Gasteiger partial charge on any atom is 0.220 e. The Hall–Kier alpha value is -2.34. The first-order chi connectivity index (χ1) is 10.2. The van der Waals surface area contributed by atoms with Crippen LogP contribution < -0.4 is 11.1 Å². The average molecular weight is 288 g/mol. The van der Waals surface area contributed by atoms with Gasteiger partial charge in [-0.25, -0.2) is 0 Å². The number of nitrogens with zero attached hydrogens (tertiary/aromatic N) is 2. The zero-order chi connectivity index (χ0) is 15.1. The summed E-state index contributed by atoms with van der Waals surface area (Å²) in [4.78, 5) is 12.3. The molecule has 0 fully saturated rings. The van der Waals surface area contributed by atoms with Gasteiger partial charge < -0.3 is 16.3 Å². The topological polar surface area (TPSA) is 93.2 Å². The Labute approximate surface area is 123 Å². The van der Waals surface area contributed by atoms with Crippen LogP contribution in [0.2, 0.25) is 0 Å². The van der Waals surface area contributed by atoms with Crippen molar-refractivity contribution in [3.8, 4) is 11.3 Å². The van der Waals surface area contributed by atoms with E-state index in [1.54, 1.807) is 0 Å². The summed E-state index contributed by atoms with van der Waals surface area (Å²) in [5.74, 6) is -0.0206. The number of carbonyl (C=O) groups is 1. The predicted octanol–water partition coefficient (Wildman–Crippen LogP) is 1.18. The summed E-state index contributed by atoms with van der Waals surface area (Å²) in [5.41, 5.74) is 7.68. The highest BCUT2D eigenvalue weighted by Crippen LogP contribution is 2.19. The van der Waals surface area contributed by atoms with Crippen LogP contribution in [0.1, 0.15) is 18.5 Å². The van der Waals surface area contributed by atoms with Gasteiger partial charge in [0.05, 0.1) is 11.4 Å². The molecule has 21 heavy (non-hydrogen) atoms. The molecule has 1 heterocycles. The second-order valence-corrected chi connectivity index (χ2v) is 4.77. The van der Waals surface area contributed by atoms with Gasteiger partial charge in [-0.05, 0) is 18.9 Å². The van der Waals surface area contributed by atoms with Crippen LogP contribution in [0.4, 0.5) is 0 Å². The van der Waals surface area contributed by atoms with E-state index >= 15 is 0 Å². The van der Waals surface area contributed by atoms with Crippen LogP contribution in [0.25, 0.3) is 11.3 Å². The lowest BCUT2D eigenvalue weighted by molar-refractivity contribution is -0.121. The molecule has 2 rings (SSSR count). The Kier molecular flexibility index (Phi) is 5.34. The van der Waals surface area contributed by atoms with Crippen molar-refractivity contribution in [3.05, 3.63) is 42.1 Å². The molecule has 2 aromatic rings. The summed E-state index contributed by atoms with van der Waals surface area (Å²) in [5, 5.41) is 16.6. The van der Waals surface area contributed by atoms with Gasteiger partial charge in [0.2, 0.25) is 5.91 Å². The zero-order valence-electron chi connectivity index (χ0n) is 11.8. The Balaban J connectivity index is 1.90. The molecule has 0 aliphatic heterocycles. The molecular weight excluding hydrogens is 268 g/mol. The lowest BCUT2D eigenvalue weighted by Crippen LogP contribution is -2.28. The molecule has 0 saturated heterocycles. The Bertz CT molecular complexity index is 581. The summed E-state index contributed by atoms with van der Waals surface area (Å²) in [6, 6.07) is 11.5. The maximum absolute atomic E-state index is 11.5. The first-order valence-corrected chi connectivity index (χ1v) is 7.01. The number of benzene rings is 1. The number of aryl methyl sites for hydroxylation is 1. The molecule has 0 atom stereocenters. The third-order valence-electron chi connectivity index (χ3n) is 3.14. The van der Waals surface area contributed by atoms with Gasteiger partial charge >= 0.3 is 0 Å². The summed E-state index contributed by atoms with van der Waals surface area (Å²) < 4.78 is 0. The van der Waals surface area contributed by atoms with Gasteiger partial charge in [-0.3, -0.25) is 4.79 Å². The molecule has 0 bridgehead atoms. The van der Waals surface area contributed by atoms with Gasteiger partial charge in [-0.2, -0.15) is 0 Å². The van der Waals surface area contributed by atoms with Gasteiger partial charge in [0.1, 0.15) is 0 Å². The molecule has 0 aliphatic rings. The Morgan fingerprint density at radius 1 is 1.33 bits per heavy atom. The fourth-order valence-corrected chi connectivity index (χ4v) is 2.06. The van der Waals surface area contributed by atoms with Crippen LogP contribution >= 0.6 is 0 Å². The molecular formula is C15H20N4O2. The fraction of sp³-hybridized carbons (Fsp3) is 0.333. The average Bonchev–Trinajstić information content (AvgIpc) is 2.87. The highest BCUT2D eigenvalue weighted by molar-refractivity contribution is 5.75. The summed E-state index contributed by atoms with van der Waals surface area (Å²) in [6.45, 7) is 0.935. The maximum atomic E-state index is 11.5. The standard InChI is InChI=1S/C15H20N4O2/c16-9-10-17-15(20)8-4-7-13-11-14(18-19(13)21)12-5-2-1-3-6-12/h1-3,5-6,11,21H,4,7-10,16H2,(H,17,20). The fourth-order valence-electron chi connectivity index (χ4n) is 2.06. The molecule has 6 heteroatoms. The van der Waals surface area contributed by atoms with E-state index in [-0.39, 0.29) is 5.91 Å². The smallest absolute Gasteiger partial charge is 0.220 e. The normalized spacial score (nSPS) is 10.5. The van der Waals surface area contributed by atoms with Gasteiger partial charge in [0.15, 0.2) is 0 Å². The summed E-state index contributed by atoms with van der Waals surface area (Å²) >= 11 is 0. The first kappa shape index (κ1) is 15.1. The van der Waals surface area contributed by atoms with Crippen LogP contribution in [0.3, 0.4) is 0 Å². The minimum atomic E-state index is -0.0206. The molecule has 112 valence electrons. The van der Waals surface area contributed by atoms with Crippen molar-refractivity contribution < 1.29 is 10.0 Å². The number of rotatable bonds is 7. The Morgan fingerprint density at radius 3 is 2.81 bits per heavy atom. The summed E-state index contributed by atoms with van der Waals surface area (Å²) in [6.07, 6.45) is 1.65. The third kappa shape index (κ3) is 4.32. The number of amides is 1. The lowest BCUT2D eigenvalue weighted by atomic mass is 10.1. The lowest BCUT2D eigenvalue weighted by Gasteiger charge is -2.03. The Morgan fingerprint density at radius 2 is 2.10 bits per heavy atom. The monoisotopic (exact) mass is 288 g/mol. The molecule has 1 amide bonds. The van der Waals surface area contributed by atoms with E-state index in [0.29, 0.717) is 38.0 Å². The van der Waals surface area contributed by atoms with Gasteiger partial charge in [-0.15, -0.1) is 9.94 Å². The quantitative estimate of drug-likeness (QED) is 0.667. The van der Waals surface area contributed by atoms with E-state index in [1.807, 2.05) is 36.4 Å². The first-order valence-electron chi connectivity index (χ1n) is 7.01. The number of nitrogens with two attached hydrogens (primary N) is 1. The number of hydrogen-bond acceptors (Lipinski definition) is 4. The highest BCUT2D eigenvalue weighted by Gasteiger charge is 2.09. The van der Waals surface area contributed by atoms with Crippen molar-refractivity contribution in [1.29, 1.82) is 0 Å². The molecule has 0 aliphatic carbocycles. The van der Waals surface area contributed by atoms with E-state index < -0.39 is 0 Å². The van der Waals surface area contributed by atoms with Crippen molar-refractivity contribution in [2.75, 3.05) is 13.1 Å². The van der Waals surface area contributed by atoms with E-state index in [2.05, 4.69) is 10.4 Å². The minimum Gasteiger partial charge on any atom is -0.411 e.